The molecule has 0 aliphatic heterocycles. The van der Waals surface area contributed by atoms with Gasteiger partial charge < -0.3 is 4.18 Å². The fourth-order valence-electron chi connectivity index (χ4n) is 4.17. The molecule has 0 aromatic heterocycles. The van der Waals surface area contributed by atoms with Crippen LogP contribution in [-0.2, 0) is 17.0 Å². The fraction of sp³-hybridized carbons (Fsp3) is 0.526. The van der Waals surface area contributed by atoms with Crippen molar-refractivity contribution >= 4 is 52.1 Å². The van der Waals surface area contributed by atoms with Gasteiger partial charge in [0.2, 0.25) is 5.78 Å². The second kappa shape index (κ2) is 8.12. The Morgan fingerprint density at radius 3 is 2.46 bits per heavy atom. The predicted molar refractivity (Wildman–Crippen MR) is 112 cm³/mol. The summed E-state index contributed by atoms with van der Waals surface area (Å²) in [4.78, 5) is 12.5. The maximum Gasteiger partial charge on any atom is 0.229 e. The Kier molecular flexibility index (Phi) is 6.35. The summed E-state index contributed by atoms with van der Waals surface area (Å²) in [6.45, 7) is 6.11. The maximum atomic E-state index is 12.5. The first-order valence-corrected chi connectivity index (χ1v) is 12.6. The van der Waals surface area contributed by atoms with Crippen LogP contribution in [0.15, 0.2) is 28.9 Å². The van der Waals surface area contributed by atoms with Crippen LogP contribution in [-0.4, -0.2) is 5.78 Å². The van der Waals surface area contributed by atoms with Gasteiger partial charge in [-0.1, -0.05) is 42.3 Å². The number of fused-ring (bicyclic) bond motifs is 1. The predicted octanol–water partition coefficient (Wildman–Crippen LogP) is 6.70. The molecule has 5 heteroatoms. The molecule has 0 heterocycles. The minimum absolute atomic E-state index is 0.135. The number of carbonyl (C=O) groups is 1. The average Bonchev–Trinajstić information content (AvgIpc) is 2.97. The molecule has 1 aromatic rings. The van der Waals surface area contributed by atoms with Crippen molar-refractivity contribution in [3.63, 3.8) is 0 Å². The lowest BCUT2D eigenvalue weighted by Crippen LogP contribution is -2.21. The molecule has 2 nitrogen and oxygen atoms in total. The van der Waals surface area contributed by atoms with Crippen LogP contribution in [0.25, 0.3) is 0 Å². The summed E-state index contributed by atoms with van der Waals surface area (Å²) in [7, 11) is 1.12. The summed E-state index contributed by atoms with van der Waals surface area (Å²) in [5.41, 5.74) is 3.40. The van der Waals surface area contributed by atoms with Crippen molar-refractivity contribution in [2.45, 2.75) is 45.4 Å². The number of ketones is 1. The molecule has 2 aliphatic rings. The van der Waals surface area contributed by atoms with Crippen molar-refractivity contribution in [3.05, 3.63) is 45.6 Å². The highest BCUT2D eigenvalue weighted by atomic mass is 127. The number of halogens is 2. The third kappa shape index (κ3) is 4.04. The van der Waals surface area contributed by atoms with Gasteiger partial charge in [0.15, 0.2) is 5.76 Å². The lowest BCUT2D eigenvalue weighted by atomic mass is 9.75. The van der Waals surface area contributed by atoms with Crippen molar-refractivity contribution in [2.24, 2.45) is 17.8 Å². The highest BCUT2D eigenvalue weighted by Gasteiger charge is 2.32. The first kappa shape index (κ1) is 18.8. The van der Waals surface area contributed by atoms with Crippen LogP contribution >= 0.6 is 46.3 Å². The van der Waals surface area contributed by atoms with Crippen molar-refractivity contribution in [3.8, 4) is 0 Å². The van der Waals surface area contributed by atoms with Gasteiger partial charge >= 0.3 is 0 Å². The molecule has 3 rings (SSSR count). The third-order valence-corrected chi connectivity index (χ3v) is 7.07. The van der Waals surface area contributed by atoms with E-state index in [0.717, 1.165) is 44.3 Å². The summed E-state index contributed by atoms with van der Waals surface area (Å²) in [5.74, 6) is 2.54. The Bertz CT molecular complexity index is 653. The van der Waals surface area contributed by atoms with Crippen LogP contribution in [0.5, 0.6) is 0 Å². The highest BCUT2D eigenvalue weighted by molar-refractivity contribution is 14.2. The number of Topliss-reactive ketones (excluding diaryl/α,β-unsaturated/α-hetero) is 1. The molecule has 1 unspecified atom stereocenters. The molecule has 0 radical (unpaired) electrons. The molecule has 24 heavy (non-hydrogen) atoms. The number of hydrogen-bond acceptors (Lipinski definition) is 3. The monoisotopic (exact) mass is 520 g/mol. The van der Waals surface area contributed by atoms with Crippen molar-refractivity contribution in [2.75, 3.05) is 0 Å². The summed E-state index contributed by atoms with van der Waals surface area (Å²) in [6, 6.07) is 4.19. The van der Waals surface area contributed by atoms with Gasteiger partial charge in [-0.2, -0.15) is 0 Å². The van der Waals surface area contributed by atoms with Gasteiger partial charge in [-0.15, -0.1) is 0 Å². The topological polar surface area (TPSA) is 26.3 Å². The van der Waals surface area contributed by atoms with Gasteiger partial charge in [-0.25, -0.2) is 0 Å². The maximum absolute atomic E-state index is 12.5. The molecule has 1 aromatic carbocycles. The van der Waals surface area contributed by atoms with Crippen LogP contribution in [0.3, 0.4) is 0 Å². The van der Waals surface area contributed by atoms with Crippen LogP contribution in [0.2, 0.25) is 0 Å². The van der Waals surface area contributed by atoms with Crippen LogP contribution in [0.1, 0.15) is 54.1 Å². The summed E-state index contributed by atoms with van der Waals surface area (Å²) < 4.78 is 6.05. The first-order valence-electron chi connectivity index (χ1n) is 8.49. The minimum atomic E-state index is -0.135. The van der Waals surface area contributed by atoms with Gasteiger partial charge in [-0.05, 0) is 66.7 Å². The molecule has 130 valence electrons. The molecule has 0 amide bonds. The van der Waals surface area contributed by atoms with E-state index in [4.69, 9.17) is 4.18 Å². The van der Waals surface area contributed by atoms with E-state index in [9.17, 15) is 4.79 Å². The molecule has 2 aliphatic carbocycles. The van der Waals surface area contributed by atoms with Crippen molar-refractivity contribution < 1.29 is 8.98 Å². The Morgan fingerprint density at radius 2 is 1.83 bits per heavy atom. The molecule has 1 fully saturated rings. The van der Waals surface area contributed by atoms with E-state index in [1.165, 1.54) is 36.8 Å². The summed E-state index contributed by atoms with van der Waals surface area (Å²) >= 11 is 5.56. The first-order chi connectivity index (χ1) is 11.5. The molecule has 0 bridgehead atoms. The highest BCUT2D eigenvalue weighted by Crippen LogP contribution is 2.41. The normalized spacial score (nSPS) is 26.0. The van der Waals surface area contributed by atoms with E-state index in [0.29, 0.717) is 5.56 Å². The van der Waals surface area contributed by atoms with E-state index in [1.807, 2.05) is 21.2 Å². The molecule has 0 N–H and O–H groups in total. The van der Waals surface area contributed by atoms with E-state index >= 15 is 0 Å². The molecular formula is C19H22BrIO2S. The second-order valence-electron chi connectivity index (χ2n) is 7.19. The number of rotatable bonds is 5. The third-order valence-electron chi connectivity index (χ3n) is 5.61. The van der Waals surface area contributed by atoms with Crippen LogP contribution in [0.4, 0.5) is 0 Å². The largest absolute Gasteiger partial charge is 0.411 e. The van der Waals surface area contributed by atoms with Crippen LogP contribution in [0, 0.1) is 17.8 Å². The number of carbonyl (C=O) groups excluding carboxylic acids is 1. The lowest BCUT2D eigenvalue weighted by molar-refractivity contribution is 0.0993. The Hall–Kier alpha value is -0.0100. The van der Waals surface area contributed by atoms with Gasteiger partial charge in [0.05, 0.1) is 0 Å². The Balaban J connectivity index is 1.75. The molecule has 1 saturated carbocycles. The standard InChI is InChI=1S/C19H22BrIO2S/c1-11-3-5-13(6-4-11)14-7-15-9-17(18(20)10-16(15)8-14)19(22)12(2)23-24-21/h9-11,13-14H,2-8H2,1H3. The Labute approximate surface area is 169 Å². The smallest absolute Gasteiger partial charge is 0.229 e. The zero-order valence-electron chi connectivity index (χ0n) is 13.8. The average molecular weight is 521 g/mol. The van der Waals surface area contributed by atoms with E-state index in [1.54, 1.807) is 0 Å². The summed E-state index contributed by atoms with van der Waals surface area (Å²) in [6.07, 6.45) is 7.74. The van der Waals surface area contributed by atoms with E-state index in [2.05, 4.69) is 41.6 Å². The van der Waals surface area contributed by atoms with Gasteiger partial charge in [0.25, 0.3) is 0 Å². The van der Waals surface area contributed by atoms with Gasteiger partial charge in [0.1, 0.15) is 9.21 Å². The molecule has 0 saturated heterocycles. The fourth-order valence-corrected chi connectivity index (χ4v) is 5.54. The second-order valence-corrected chi connectivity index (χ2v) is 9.41. The summed E-state index contributed by atoms with van der Waals surface area (Å²) in [5, 5.41) is 0. The number of benzene rings is 1. The lowest BCUT2D eigenvalue weighted by Gasteiger charge is -2.30. The van der Waals surface area contributed by atoms with E-state index in [-0.39, 0.29) is 11.5 Å². The quantitative estimate of drug-likeness (QED) is 0.142. The van der Waals surface area contributed by atoms with Crippen LogP contribution < -0.4 is 0 Å². The van der Waals surface area contributed by atoms with Gasteiger partial charge in [0, 0.05) is 31.2 Å². The molecule has 0 spiro atoms. The zero-order chi connectivity index (χ0) is 17.3. The van der Waals surface area contributed by atoms with Crippen molar-refractivity contribution in [1.29, 1.82) is 0 Å². The van der Waals surface area contributed by atoms with E-state index < -0.39 is 0 Å². The van der Waals surface area contributed by atoms with Crippen molar-refractivity contribution in [1.82, 2.24) is 0 Å². The van der Waals surface area contributed by atoms with Gasteiger partial charge in [-0.3, -0.25) is 4.79 Å². The minimum Gasteiger partial charge on any atom is -0.411 e. The SMILES string of the molecule is C=C(OSI)C(=O)c1cc2c(cc1Br)CC(C1CCC(C)CC1)C2. The Morgan fingerprint density at radius 1 is 1.21 bits per heavy atom. The zero-order valence-corrected chi connectivity index (χ0v) is 18.4. The number of allylic oxidation sites excluding steroid dienone is 1. The molecule has 1 atom stereocenters. The molecular weight excluding hydrogens is 499 g/mol. The number of hydrogen-bond donors (Lipinski definition) is 0.